The molecule has 1 unspecified atom stereocenters. The molecule has 194 valence electrons. The van der Waals surface area contributed by atoms with Crippen molar-refractivity contribution in [3.8, 4) is 11.8 Å². The molecule has 2 atom stereocenters. The topological polar surface area (TPSA) is 104 Å². The summed E-state index contributed by atoms with van der Waals surface area (Å²) in [4.78, 5) is 18.0. The molecule has 0 spiro atoms. The molecule has 8 heteroatoms. The summed E-state index contributed by atoms with van der Waals surface area (Å²) in [5, 5.41) is 25.7. The van der Waals surface area contributed by atoms with Gasteiger partial charge in [-0.25, -0.2) is 0 Å². The van der Waals surface area contributed by atoms with E-state index in [1.54, 1.807) is 26.3 Å². The van der Waals surface area contributed by atoms with Crippen LogP contribution in [0.3, 0.4) is 0 Å². The highest BCUT2D eigenvalue weighted by Crippen LogP contribution is 2.28. The number of aryl methyl sites for hydroxylation is 1. The Hall–Kier alpha value is -3.54. The summed E-state index contributed by atoms with van der Waals surface area (Å²) in [5.41, 5.74) is 4.33. The van der Waals surface area contributed by atoms with Crippen molar-refractivity contribution >= 4 is 16.6 Å². The molecule has 4 rings (SSSR count). The van der Waals surface area contributed by atoms with Gasteiger partial charge in [-0.05, 0) is 68.5 Å². The number of benzene rings is 2. The van der Waals surface area contributed by atoms with Crippen LogP contribution in [0.1, 0.15) is 54.9 Å². The van der Waals surface area contributed by atoms with Gasteiger partial charge >= 0.3 is 0 Å². The first-order valence-corrected chi connectivity index (χ1v) is 13.0. The summed E-state index contributed by atoms with van der Waals surface area (Å²) in [6.07, 6.45) is 6.74. The van der Waals surface area contributed by atoms with Crippen LogP contribution in [-0.4, -0.2) is 47.1 Å². The molecule has 1 N–H and O–H groups in total. The number of nitriles is 1. The van der Waals surface area contributed by atoms with E-state index in [-0.39, 0.29) is 10.6 Å². The van der Waals surface area contributed by atoms with Crippen LogP contribution in [0.4, 0.5) is 5.69 Å². The first kappa shape index (κ1) is 26.5. The van der Waals surface area contributed by atoms with Gasteiger partial charge in [0.05, 0.1) is 23.1 Å². The van der Waals surface area contributed by atoms with Crippen molar-refractivity contribution in [1.29, 1.82) is 5.26 Å². The second kappa shape index (κ2) is 12.1. The molecule has 1 saturated heterocycles. The van der Waals surface area contributed by atoms with Gasteiger partial charge in [0.1, 0.15) is 11.8 Å². The fourth-order valence-electron chi connectivity index (χ4n) is 5.41. The van der Waals surface area contributed by atoms with Crippen molar-refractivity contribution in [1.82, 2.24) is 15.2 Å². The Morgan fingerprint density at radius 3 is 2.86 bits per heavy atom. The van der Waals surface area contributed by atoms with E-state index in [0.29, 0.717) is 29.8 Å². The summed E-state index contributed by atoms with van der Waals surface area (Å²) in [7, 11) is 1.65. The van der Waals surface area contributed by atoms with Crippen LogP contribution < -0.4 is 10.1 Å². The predicted octanol–water partition coefficient (Wildman–Crippen LogP) is 5.30. The van der Waals surface area contributed by atoms with E-state index in [9.17, 15) is 15.4 Å². The number of hydrogen-bond donors (Lipinski definition) is 1. The van der Waals surface area contributed by atoms with Crippen molar-refractivity contribution in [3.05, 3.63) is 75.0 Å². The Kier molecular flexibility index (Phi) is 8.70. The average Bonchev–Trinajstić information content (AvgIpc) is 2.91. The number of aromatic nitrogens is 1. The minimum atomic E-state index is -0.311. The second-order valence-electron chi connectivity index (χ2n) is 9.85. The van der Waals surface area contributed by atoms with Crippen molar-refractivity contribution in [2.75, 3.05) is 20.2 Å². The molecule has 37 heavy (non-hydrogen) atoms. The molecule has 0 saturated carbocycles. The molecular formula is C29H35N5O3. The molecule has 8 nitrogen and oxygen atoms in total. The maximum absolute atomic E-state index is 11.3. The largest absolute Gasteiger partial charge is 0.497 e. The van der Waals surface area contributed by atoms with Crippen LogP contribution >= 0.6 is 0 Å². The Labute approximate surface area is 218 Å². The van der Waals surface area contributed by atoms with E-state index in [0.717, 1.165) is 73.0 Å². The number of hydrogen-bond acceptors (Lipinski definition) is 7. The molecule has 2 heterocycles. The lowest BCUT2D eigenvalue weighted by Gasteiger charge is -2.40. The molecule has 1 fully saturated rings. The first-order chi connectivity index (χ1) is 17.9. The van der Waals surface area contributed by atoms with Gasteiger partial charge in [-0.1, -0.05) is 25.5 Å². The Morgan fingerprint density at radius 1 is 1.30 bits per heavy atom. The van der Waals surface area contributed by atoms with E-state index >= 15 is 0 Å². The van der Waals surface area contributed by atoms with Gasteiger partial charge in [0.25, 0.3) is 5.69 Å². The van der Waals surface area contributed by atoms with Crippen molar-refractivity contribution in [2.45, 2.75) is 64.6 Å². The van der Waals surface area contributed by atoms with E-state index in [2.05, 4.69) is 28.2 Å². The molecule has 3 aromatic rings. The predicted molar refractivity (Wildman–Crippen MR) is 145 cm³/mol. The Bertz CT molecular complexity index is 1300. The lowest BCUT2D eigenvalue weighted by Crippen LogP contribution is -2.49. The summed E-state index contributed by atoms with van der Waals surface area (Å²) in [6.45, 7) is 6.47. The number of rotatable bonds is 10. The summed E-state index contributed by atoms with van der Waals surface area (Å²) < 4.78 is 5.42. The standard InChI is InChI=1S/C29H35N5O3/c1-4-5-24-15-23(31-18-21-7-6-20(2)29(14-21)34(35)36)10-12-33(24)13-11-26-22(17-30)19-32-28-9-8-25(37-3)16-27(26)28/h6-9,14,16,19,23-24,31H,4-5,10-13,15,18H2,1-3H3/t23?,24-/m0/s1. The average molecular weight is 502 g/mol. The normalized spacial score (nSPS) is 18.0. The zero-order chi connectivity index (χ0) is 26.4. The van der Waals surface area contributed by atoms with Crippen LogP contribution in [0.2, 0.25) is 0 Å². The van der Waals surface area contributed by atoms with Gasteiger partial charge < -0.3 is 10.1 Å². The quantitative estimate of drug-likeness (QED) is 0.297. The fourth-order valence-corrected chi connectivity index (χ4v) is 5.41. The highest BCUT2D eigenvalue weighted by Gasteiger charge is 2.28. The third kappa shape index (κ3) is 6.24. The number of ether oxygens (including phenoxy) is 1. The van der Waals surface area contributed by atoms with Crippen LogP contribution in [-0.2, 0) is 13.0 Å². The summed E-state index contributed by atoms with van der Waals surface area (Å²) >= 11 is 0. The highest BCUT2D eigenvalue weighted by molar-refractivity contribution is 5.85. The zero-order valence-electron chi connectivity index (χ0n) is 21.9. The van der Waals surface area contributed by atoms with Crippen LogP contribution in [0, 0.1) is 28.4 Å². The number of likely N-dealkylation sites (tertiary alicyclic amines) is 1. The molecule has 0 amide bonds. The molecule has 1 aliphatic heterocycles. The minimum Gasteiger partial charge on any atom is -0.497 e. The summed E-state index contributed by atoms with van der Waals surface area (Å²) in [5.74, 6) is 0.764. The second-order valence-corrected chi connectivity index (χ2v) is 9.85. The van der Waals surface area contributed by atoms with E-state index < -0.39 is 0 Å². The van der Waals surface area contributed by atoms with Gasteiger partial charge in [-0.3, -0.25) is 20.0 Å². The van der Waals surface area contributed by atoms with Gasteiger partial charge in [-0.2, -0.15) is 5.26 Å². The smallest absolute Gasteiger partial charge is 0.272 e. The van der Waals surface area contributed by atoms with Crippen LogP contribution in [0.15, 0.2) is 42.6 Å². The van der Waals surface area contributed by atoms with Gasteiger partial charge in [-0.15, -0.1) is 0 Å². The first-order valence-electron chi connectivity index (χ1n) is 13.0. The third-order valence-electron chi connectivity index (χ3n) is 7.48. The molecule has 0 bridgehead atoms. The number of methoxy groups -OCH3 is 1. The number of nitro benzene ring substituents is 1. The number of nitrogens with one attached hydrogen (secondary N) is 1. The number of nitro groups is 1. The highest BCUT2D eigenvalue weighted by atomic mass is 16.6. The lowest BCUT2D eigenvalue weighted by molar-refractivity contribution is -0.385. The number of fused-ring (bicyclic) bond motifs is 1. The van der Waals surface area contributed by atoms with E-state index in [1.807, 2.05) is 30.3 Å². The Morgan fingerprint density at radius 2 is 2.14 bits per heavy atom. The number of pyridine rings is 1. The van der Waals surface area contributed by atoms with Crippen LogP contribution in [0.5, 0.6) is 5.75 Å². The molecule has 2 aromatic carbocycles. The SMILES string of the molecule is CCC[C@H]1CC(NCc2ccc(C)c([N+](=O)[O-])c2)CCN1CCc1c(C#N)cnc2ccc(OC)cc12. The monoisotopic (exact) mass is 501 g/mol. The van der Waals surface area contributed by atoms with Gasteiger partial charge in [0.2, 0.25) is 0 Å². The van der Waals surface area contributed by atoms with Crippen LogP contribution in [0.25, 0.3) is 10.9 Å². The zero-order valence-corrected chi connectivity index (χ0v) is 21.9. The fraction of sp³-hybridized carbons (Fsp3) is 0.448. The van der Waals surface area contributed by atoms with E-state index in [4.69, 9.17) is 4.74 Å². The molecular weight excluding hydrogens is 466 g/mol. The molecule has 0 aliphatic carbocycles. The number of piperidine rings is 1. The van der Waals surface area contributed by atoms with Crippen molar-refractivity contribution < 1.29 is 9.66 Å². The molecule has 1 aromatic heterocycles. The van der Waals surface area contributed by atoms with Crippen molar-refractivity contribution in [2.24, 2.45) is 0 Å². The third-order valence-corrected chi connectivity index (χ3v) is 7.48. The maximum Gasteiger partial charge on any atom is 0.272 e. The molecule has 1 aliphatic rings. The van der Waals surface area contributed by atoms with Gasteiger partial charge in [0.15, 0.2) is 0 Å². The lowest BCUT2D eigenvalue weighted by atomic mass is 9.92. The van der Waals surface area contributed by atoms with E-state index in [1.165, 1.54) is 0 Å². The number of nitrogens with zero attached hydrogens (tertiary/aromatic N) is 4. The minimum absolute atomic E-state index is 0.177. The molecule has 0 radical (unpaired) electrons. The van der Waals surface area contributed by atoms with Crippen molar-refractivity contribution in [3.63, 3.8) is 0 Å². The van der Waals surface area contributed by atoms with Gasteiger partial charge in [0, 0.05) is 48.4 Å². The maximum atomic E-state index is 11.3. The summed E-state index contributed by atoms with van der Waals surface area (Å²) in [6, 6.07) is 14.4. The Balaban J connectivity index is 1.43.